The monoisotopic (exact) mass is 297 g/mol. The highest BCUT2D eigenvalue weighted by Gasteiger charge is 2.28. The lowest BCUT2D eigenvalue weighted by atomic mass is 10.1. The van der Waals surface area contributed by atoms with Crippen molar-refractivity contribution in [2.24, 2.45) is 0 Å². The number of esters is 1. The van der Waals surface area contributed by atoms with Gasteiger partial charge >= 0.3 is 5.97 Å². The first-order valence-corrected chi connectivity index (χ1v) is 8.70. The Morgan fingerprint density at radius 3 is 2.14 bits per heavy atom. The fourth-order valence-electron chi connectivity index (χ4n) is 2.65. The summed E-state index contributed by atoms with van der Waals surface area (Å²) in [5.74, 6) is -0.312. The Morgan fingerprint density at radius 1 is 1.05 bits per heavy atom. The van der Waals surface area contributed by atoms with Gasteiger partial charge in [-0.25, -0.2) is 4.79 Å². The molecule has 1 fully saturated rings. The van der Waals surface area contributed by atoms with Crippen molar-refractivity contribution in [2.45, 2.75) is 90.0 Å². The summed E-state index contributed by atoms with van der Waals surface area (Å²) in [7, 11) is 0. The van der Waals surface area contributed by atoms with E-state index in [0.29, 0.717) is 19.4 Å². The third-order valence-corrected chi connectivity index (χ3v) is 4.02. The van der Waals surface area contributed by atoms with Crippen LogP contribution in [0.25, 0.3) is 0 Å². The molecule has 21 heavy (non-hydrogen) atoms. The van der Waals surface area contributed by atoms with Gasteiger partial charge in [0.1, 0.15) is 6.04 Å². The molecule has 0 spiro atoms. The van der Waals surface area contributed by atoms with Crippen LogP contribution in [0.2, 0.25) is 0 Å². The van der Waals surface area contributed by atoms with Gasteiger partial charge < -0.3 is 10.1 Å². The van der Waals surface area contributed by atoms with Crippen LogP contribution in [0.1, 0.15) is 84.0 Å². The smallest absolute Gasteiger partial charge is 0.328 e. The highest BCUT2D eigenvalue weighted by molar-refractivity contribution is 5.87. The van der Waals surface area contributed by atoms with Crippen LogP contribution < -0.4 is 5.32 Å². The summed E-state index contributed by atoms with van der Waals surface area (Å²) in [6, 6.07) is -0.402. The first-order valence-electron chi connectivity index (χ1n) is 8.70. The van der Waals surface area contributed by atoms with Gasteiger partial charge in [0.05, 0.1) is 6.61 Å². The number of carbonyl (C=O) groups is 2. The predicted octanol–water partition coefficient (Wildman–Crippen LogP) is 3.73. The van der Waals surface area contributed by atoms with E-state index in [1.165, 1.54) is 51.4 Å². The molecule has 122 valence electrons. The molecule has 1 rings (SSSR count). The predicted molar refractivity (Wildman–Crippen MR) is 84.0 cm³/mol. The van der Waals surface area contributed by atoms with E-state index in [0.717, 1.165) is 12.8 Å². The fourth-order valence-corrected chi connectivity index (χ4v) is 2.65. The van der Waals surface area contributed by atoms with Gasteiger partial charge in [-0.1, -0.05) is 64.7 Å². The van der Waals surface area contributed by atoms with Gasteiger partial charge in [-0.05, 0) is 12.8 Å². The summed E-state index contributed by atoms with van der Waals surface area (Å²) in [4.78, 5) is 22.6. The van der Waals surface area contributed by atoms with Crippen molar-refractivity contribution in [1.29, 1.82) is 0 Å². The maximum Gasteiger partial charge on any atom is 0.328 e. The minimum absolute atomic E-state index is 0.0455. The number of rotatable bonds is 12. The molecular formula is C17H31NO3. The Labute approximate surface area is 129 Å². The zero-order valence-corrected chi connectivity index (χ0v) is 13.5. The molecule has 0 aromatic carbocycles. The quantitative estimate of drug-likeness (QED) is 0.441. The summed E-state index contributed by atoms with van der Waals surface area (Å²) in [5.41, 5.74) is 0. The molecule has 0 unspecified atom stereocenters. The van der Waals surface area contributed by atoms with E-state index in [2.05, 4.69) is 12.2 Å². The summed E-state index contributed by atoms with van der Waals surface area (Å²) in [5, 5.41) is 2.63. The molecule has 0 aromatic heterocycles. The standard InChI is InChI=1S/C17H31NO3/c1-2-3-4-5-6-7-8-9-10-11-14-21-17(20)15-12-13-16(19)18-15/h15H,2-14H2,1H3,(H,18,19)/t15-/m1/s1. The summed E-state index contributed by atoms with van der Waals surface area (Å²) in [6.45, 7) is 2.73. The highest BCUT2D eigenvalue weighted by Crippen LogP contribution is 2.11. The number of hydrogen-bond donors (Lipinski definition) is 1. The van der Waals surface area contributed by atoms with Gasteiger partial charge in [0, 0.05) is 6.42 Å². The van der Waals surface area contributed by atoms with E-state index in [9.17, 15) is 9.59 Å². The number of ether oxygens (including phenoxy) is 1. The van der Waals surface area contributed by atoms with Crippen molar-refractivity contribution < 1.29 is 14.3 Å². The molecule has 1 heterocycles. The SMILES string of the molecule is CCCCCCCCCCCCOC(=O)[C@H]1CCC(=O)N1. The Hall–Kier alpha value is -1.06. The Kier molecular flexibility index (Phi) is 9.92. The van der Waals surface area contributed by atoms with E-state index in [1.807, 2.05) is 0 Å². The number of hydrogen-bond acceptors (Lipinski definition) is 3. The second-order valence-electron chi connectivity index (χ2n) is 6.01. The second-order valence-corrected chi connectivity index (χ2v) is 6.01. The van der Waals surface area contributed by atoms with Crippen LogP contribution in [-0.2, 0) is 14.3 Å². The molecule has 1 aliphatic heterocycles. The third kappa shape index (κ3) is 8.74. The molecule has 0 saturated carbocycles. The summed E-state index contributed by atoms with van der Waals surface area (Å²) >= 11 is 0. The number of nitrogens with one attached hydrogen (secondary N) is 1. The maximum absolute atomic E-state index is 11.6. The summed E-state index contributed by atoms with van der Waals surface area (Å²) < 4.78 is 5.19. The zero-order valence-electron chi connectivity index (χ0n) is 13.5. The van der Waals surface area contributed by atoms with Crippen LogP contribution in [0.15, 0.2) is 0 Å². The Morgan fingerprint density at radius 2 is 1.62 bits per heavy atom. The van der Waals surface area contributed by atoms with Gasteiger partial charge in [0.2, 0.25) is 5.91 Å². The van der Waals surface area contributed by atoms with Crippen LogP contribution in [0.4, 0.5) is 0 Å². The average molecular weight is 297 g/mol. The molecule has 0 aliphatic carbocycles. The lowest BCUT2D eigenvalue weighted by molar-refractivity contribution is -0.146. The van der Waals surface area contributed by atoms with Crippen LogP contribution >= 0.6 is 0 Å². The van der Waals surface area contributed by atoms with Gasteiger partial charge in [-0.15, -0.1) is 0 Å². The molecule has 1 aliphatic rings. The molecule has 1 saturated heterocycles. The van der Waals surface area contributed by atoms with Crippen LogP contribution in [0, 0.1) is 0 Å². The lowest BCUT2D eigenvalue weighted by Gasteiger charge is -2.09. The first-order chi connectivity index (χ1) is 10.2. The molecule has 1 amide bonds. The number of unbranched alkanes of at least 4 members (excludes halogenated alkanes) is 9. The maximum atomic E-state index is 11.6. The number of amides is 1. The van der Waals surface area contributed by atoms with Crippen molar-refractivity contribution in [1.82, 2.24) is 5.32 Å². The molecule has 1 atom stereocenters. The van der Waals surface area contributed by atoms with Crippen molar-refractivity contribution in [3.05, 3.63) is 0 Å². The van der Waals surface area contributed by atoms with Crippen LogP contribution in [0.5, 0.6) is 0 Å². The van der Waals surface area contributed by atoms with E-state index >= 15 is 0 Å². The van der Waals surface area contributed by atoms with Crippen LogP contribution in [0.3, 0.4) is 0 Å². The second kappa shape index (κ2) is 11.6. The molecule has 0 aromatic rings. The first kappa shape index (κ1) is 18.0. The molecule has 0 radical (unpaired) electrons. The van der Waals surface area contributed by atoms with Crippen molar-refractivity contribution >= 4 is 11.9 Å². The lowest BCUT2D eigenvalue weighted by Crippen LogP contribution is -2.34. The van der Waals surface area contributed by atoms with E-state index in [4.69, 9.17) is 4.74 Å². The molecule has 1 N–H and O–H groups in total. The number of carbonyl (C=O) groups excluding carboxylic acids is 2. The van der Waals surface area contributed by atoms with Crippen LogP contribution in [-0.4, -0.2) is 24.5 Å². The largest absolute Gasteiger partial charge is 0.464 e. The minimum atomic E-state index is -0.402. The third-order valence-electron chi connectivity index (χ3n) is 4.02. The van der Waals surface area contributed by atoms with Gasteiger partial charge in [-0.3, -0.25) is 4.79 Å². The minimum Gasteiger partial charge on any atom is -0.464 e. The molecule has 4 nitrogen and oxygen atoms in total. The summed E-state index contributed by atoms with van der Waals surface area (Å²) in [6.07, 6.45) is 13.7. The highest BCUT2D eigenvalue weighted by atomic mass is 16.5. The van der Waals surface area contributed by atoms with Gasteiger partial charge in [0.15, 0.2) is 0 Å². The normalized spacial score (nSPS) is 17.8. The molecule has 0 bridgehead atoms. The zero-order chi connectivity index (χ0) is 15.3. The molecule has 4 heteroatoms. The van der Waals surface area contributed by atoms with E-state index < -0.39 is 6.04 Å². The van der Waals surface area contributed by atoms with Gasteiger partial charge in [0.25, 0.3) is 0 Å². The molecular weight excluding hydrogens is 266 g/mol. The topological polar surface area (TPSA) is 55.4 Å². The van der Waals surface area contributed by atoms with Crippen molar-refractivity contribution in [3.8, 4) is 0 Å². The average Bonchev–Trinajstić information content (AvgIpc) is 2.91. The van der Waals surface area contributed by atoms with Crippen molar-refractivity contribution in [3.63, 3.8) is 0 Å². The van der Waals surface area contributed by atoms with E-state index in [1.54, 1.807) is 0 Å². The Balaban J connectivity index is 1.82. The fraction of sp³-hybridized carbons (Fsp3) is 0.882. The Bertz CT molecular complexity index is 304. The van der Waals surface area contributed by atoms with Crippen molar-refractivity contribution in [2.75, 3.05) is 6.61 Å². The van der Waals surface area contributed by atoms with Gasteiger partial charge in [-0.2, -0.15) is 0 Å². The van der Waals surface area contributed by atoms with E-state index in [-0.39, 0.29) is 11.9 Å².